The van der Waals surface area contributed by atoms with Crippen molar-refractivity contribution in [1.82, 2.24) is 15.1 Å². The summed E-state index contributed by atoms with van der Waals surface area (Å²) in [6.07, 6.45) is 0.912. The van der Waals surface area contributed by atoms with E-state index in [0.717, 1.165) is 30.0 Å². The van der Waals surface area contributed by atoms with Crippen molar-refractivity contribution in [3.05, 3.63) is 59.4 Å². The summed E-state index contributed by atoms with van der Waals surface area (Å²) in [4.78, 5) is 14.3. The highest BCUT2D eigenvalue weighted by Crippen LogP contribution is 2.19. The number of benzene rings is 2. The first-order valence-electron chi connectivity index (χ1n) is 8.51. The van der Waals surface area contributed by atoms with Crippen LogP contribution in [-0.4, -0.2) is 41.1 Å². The minimum absolute atomic E-state index is 0.0204. The largest absolute Gasteiger partial charge is 0.322 e. The molecule has 2 N–H and O–H groups in total. The number of hydrogen-bond donors (Lipinski definition) is 2. The number of likely N-dealkylation sites (N-methyl/N-ethyl adjacent to an activating group) is 1. The predicted octanol–water partition coefficient (Wildman–Crippen LogP) is 3.29. The van der Waals surface area contributed by atoms with Gasteiger partial charge in [-0.05, 0) is 43.7 Å². The third kappa shape index (κ3) is 4.06. The minimum atomic E-state index is -0.0204. The van der Waals surface area contributed by atoms with Crippen LogP contribution < -0.4 is 5.32 Å². The molecule has 0 radical (unpaired) electrons. The molecule has 3 aromatic rings. The van der Waals surface area contributed by atoms with Crippen LogP contribution in [0.2, 0.25) is 0 Å². The molecular formula is C20H24N4O. The lowest BCUT2D eigenvalue weighted by Crippen LogP contribution is -2.31. The van der Waals surface area contributed by atoms with E-state index in [9.17, 15) is 4.79 Å². The van der Waals surface area contributed by atoms with Gasteiger partial charge in [0.1, 0.15) is 0 Å². The van der Waals surface area contributed by atoms with E-state index in [1.807, 2.05) is 25.8 Å². The maximum atomic E-state index is 12.3. The highest BCUT2D eigenvalue weighted by molar-refractivity contribution is 5.93. The van der Waals surface area contributed by atoms with Gasteiger partial charge in [0, 0.05) is 6.54 Å². The maximum Gasteiger partial charge on any atom is 0.238 e. The molecule has 0 aliphatic rings. The number of H-pyrrole nitrogens is 1. The molecule has 5 heteroatoms. The Kier molecular flexibility index (Phi) is 5.14. The van der Waals surface area contributed by atoms with Crippen molar-refractivity contribution < 1.29 is 4.79 Å². The number of aromatic nitrogens is 2. The van der Waals surface area contributed by atoms with Crippen molar-refractivity contribution in [2.24, 2.45) is 0 Å². The number of anilines is 1. The summed E-state index contributed by atoms with van der Waals surface area (Å²) >= 11 is 0. The van der Waals surface area contributed by atoms with Crippen LogP contribution >= 0.6 is 0 Å². The molecule has 0 unspecified atom stereocenters. The number of amides is 1. The van der Waals surface area contributed by atoms with Crippen LogP contribution in [0.25, 0.3) is 10.8 Å². The van der Waals surface area contributed by atoms with E-state index in [2.05, 4.69) is 58.0 Å². The lowest BCUT2D eigenvalue weighted by molar-refractivity contribution is -0.117. The van der Waals surface area contributed by atoms with Gasteiger partial charge >= 0.3 is 0 Å². The van der Waals surface area contributed by atoms with Crippen LogP contribution in [0.4, 0.5) is 5.69 Å². The zero-order chi connectivity index (χ0) is 17.8. The molecule has 0 aliphatic heterocycles. The summed E-state index contributed by atoms with van der Waals surface area (Å²) in [6, 6.07) is 14.8. The van der Waals surface area contributed by atoms with E-state index in [1.54, 1.807) is 0 Å². The van der Waals surface area contributed by atoms with Gasteiger partial charge in [-0.1, -0.05) is 42.5 Å². The molecule has 1 heterocycles. The molecule has 0 saturated heterocycles. The highest BCUT2D eigenvalue weighted by Gasteiger charge is 2.12. The highest BCUT2D eigenvalue weighted by atomic mass is 16.2. The molecule has 5 nitrogen and oxygen atoms in total. The fourth-order valence-electron chi connectivity index (χ4n) is 3.06. The maximum absolute atomic E-state index is 12.3. The van der Waals surface area contributed by atoms with Crippen LogP contribution in [0.5, 0.6) is 0 Å². The van der Waals surface area contributed by atoms with E-state index in [-0.39, 0.29) is 5.91 Å². The molecule has 1 amide bonds. The third-order valence-electron chi connectivity index (χ3n) is 4.45. The average Bonchev–Trinajstić information content (AvgIpc) is 2.91. The predicted molar refractivity (Wildman–Crippen MR) is 102 cm³/mol. The fraction of sp³-hybridized carbons (Fsp3) is 0.300. The molecule has 0 atom stereocenters. The fourth-order valence-corrected chi connectivity index (χ4v) is 3.06. The second-order valence-corrected chi connectivity index (χ2v) is 6.48. The number of aromatic amines is 1. The Labute approximate surface area is 148 Å². The first kappa shape index (κ1) is 17.2. The molecule has 0 saturated carbocycles. The summed E-state index contributed by atoms with van der Waals surface area (Å²) in [5.41, 5.74) is 3.79. The average molecular weight is 336 g/mol. The summed E-state index contributed by atoms with van der Waals surface area (Å²) in [5.74, 6) is -0.0204. The van der Waals surface area contributed by atoms with Gasteiger partial charge in [0.15, 0.2) is 0 Å². The topological polar surface area (TPSA) is 61.0 Å². The summed E-state index contributed by atoms with van der Waals surface area (Å²) in [7, 11) is 1.97. The Bertz CT molecular complexity index is 860. The standard InChI is InChI=1S/C20H24N4O/c1-14-20(15(2)23-22-14)21-19(25)13-24(3)12-11-17-9-6-8-16-7-4-5-10-18(16)17/h4-10H,11-13H2,1-3H3,(H,21,25)(H,22,23). The molecule has 0 spiro atoms. The van der Waals surface area contributed by atoms with Crippen molar-refractivity contribution in [2.45, 2.75) is 20.3 Å². The van der Waals surface area contributed by atoms with Gasteiger partial charge in [-0.2, -0.15) is 5.10 Å². The van der Waals surface area contributed by atoms with Gasteiger partial charge in [-0.25, -0.2) is 0 Å². The van der Waals surface area contributed by atoms with Gasteiger partial charge in [0.2, 0.25) is 5.91 Å². The second-order valence-electron chi connectivity index (χ2n) is 6.48. The number of nitrogens with zero attached hydrogens (tertiary/aromatic N) is 2. The monoisotopic (exact) mass is 336 g/mol. The van der Waals surface area contributed by atoms with E-state index in [4.69, 9.17) is 0 Å². The summed E-state index contributed by atoms with van der Waals surface area (Å²) in [5, 5.41) is 12.5. The van der Waals surface area contributed by atoms with Crippen LogP contribution in [0.3, 0.4) is 0 Å². The normalized spacial score (nSPS) is 11.2. The number of hydrogen-bond acceptors (Lipinski definition) is 3. The number of carbonyl (C=O) groups is 1. The first-order chi connectivity index (χ1) is 12.0. The van der Waals surface area contributed by atoms with Gasteiger partial charge in [0.25, 0.3) is 0 Å². The Morgan fingerprint density at radius 3 is 2.68 bits per heavy atom. The number of rotatable bonds is 6. The van der Waals surface area contributed by atoms with E-state index < -0.39 is 0 Å². The molecule has 3 rings (SSSR count). The summed E-state index contributed by atoms with van der Waals surface area (Å²) < 4.78 is 0. The van der Waals surface area contributed by atoms with Crippen LogP contribution in [0.1, 0.15) is 17.0 Å². The van der Waals surface area contributed by atoms with Crippen molar-refractivity contribution in [3.63, 3.8) is 0 Å². The van der Waals surface area contributed by atoms with Crippen LogP contribution in [0.15, 0.2) is 42.5 Å². The Hall–Kier alpha value is -2.66. The van der Waals surface area contributed by atoms with E-state index in [0.29, 0.717) is 6.54 Å². The van der Waals surface area contributed by atoms with Crippen molar-refractivity contribution in [3.8, 4) is 0 Å². The smallest absolute Gasteiger partial charge is 0.238 e. The zero-order valence-electron chi connectivity index (χ0n) is 15.0. The minimum Gasteiger partial charge on any atom is -0.322 e. The zero-order valence-corrected chi connectivity index (χ0v) is 15.0. The molecule has 2 aromatic carbocycles. The lowest BCUT2D eigenvalue weighted by Gasteiger charge is -2.17. The van der Waals surface area contributed by atoms with Crippen molar-refractivity contribution in [1.29, 1.82) is 0 Å². The van der Waals surface area contributed by atoms with Gasteiger partial charge in [-0.15, -0.1) is 0 Å². The van der Waals surface area contributed by atoms with E-state index in [1.165, 1.54) is 16.3 Å². The lowest BCUT2D eigenvalue weighted by atomic mass is 10.0. The second kappa shape index (κ2) is 7.49. The van der Waals surface area contributed by atoms with Gasteiger partial charge in [0.05, 0.1) is 23.6 Å². The molecule has 0 fully saturated rings. The third-order valence-corrected chi connectivity index (χ3v) is 4.45. The van der Waals surface area contributed by atoms with Crippen molar-refractivity contribution >= 4 is 22.4 Å². The number of carbonyl (C=O) groups excluding carboxylic acids is 1. The van der Waals surface area contributed by atoms with E-state index >= 15 is 0 Å². The number of fused-ring (bicyclic) bond motifs is 1. The molecule has 1 aromatic heterocycles. The first-order valence-corrected chi connectivity index (χ1v) is 8.51. The number of nitrogens with one attached hydrogen (secondary N) is 2. The summed E-state index contributed by atoms with van der Waals surface area (Å²) in [6.45, 7) is 4.96. The Morgan fingerprint density at radius 2 is 1.92 bits per heavy atom. The quantitative estimate of drug-likeness (QED) is 0.726. The van der Waals surface area contributed by atoms with Gasteiger partial charge in [-0.3, -0.25) is 14.8 Å². The van der Waals surface area contributed by atoms with Crippen molar-refractivity contribution in [2.75, 3.05) is 25.5 Å². The number of aryl methyl sites for hydroxylation is 2. The molecular weight excluding hydrogens is 312 g/mol. The van der Waals surface area contributed by atoms with Crippen LogP contribution in [0, 0.1) is 13.8 Å². The molecule has 25 heavy (non-hydrogen) atoms. The van der Waals surface area contributed by atoms with Crippen LogP contribution in [-0.2, 0) is 11.2 Å². The molecule has 0 bridgehead atoms. The Balaban J connectivity index is 1.57. The SMILES string of the molecule is Cc1n[nH]c(C)c1NC(=O)CN(C)CCc1cccc2ccccc12. The molecule has 130 valence electrons. The van der Waals surface area contributed by atoms with Gasteiger partial charge < -0.3 is 5.32 Å². The Morgan fingerprint density at radius 1 is 1.16 bits per heavy atom. The molecule has 0 aliphatic carbocycles.